The zero-order chi connectivity index (χ0) is 12.3. The van der Waals surface area contributed by atoms with Gasteiger partial charge in [-0.25, -0.2) is 0 Å². The van der Waals surface area contributed by atoms with Crippen LogP contribution in [0.3, 0.4) is 0 Å². The highest BCUT2D eigenvalue weighted by Crippen LogP contribution is 2.25. The molecule has 1 aromatic carbocycles. The van der Waals surface area contributed by atoms with Crippen molar-refractivity contribution < 1.29 is 4.79 Å². The van der Waals surface area contributed by atoms with Gasteiger partial charge in [0.2, 0.25) is 6.41 Å². The van der Waals surface area contributed by atoms with Gasteiger partial charge in [0.05, 0.1) is 11.4 Å². The van der Waals surface area contributed by atoms with Gasteiger partial charge in [-0.3, -0.25) is 4.79 Å². The van der Waals surface area contributed by atoms with E-state index >= 15 is 0 Å². The van der Waals surface area contributed by atoms with Crippen molar-refractivity contribution in [3.63, 3.8) is 0 Å². The molecule has 2 rings (SSSR count). The first-order chi connectivity index (χ1) is 8.20. The zero-order valence-electron chi connectivity index (χ0n) is 8.52. The molecule has 0 aliphatic carbocycles. The van der Waals surface area contributed by atoms with Crippen LogP contribution in [0.5, 0.6) is 0 Å². The van der Waals surface area contributed by atoms with E-state index in [-0.39, 0.29) is 5.15 Å². The lowest BCUT2D eigenvalue weighted by Gasteiger charge is -2.04. The van der Waals surface area contributed by atoms with Gasteiger partial charge >= 0.3 is 0 Å². The number of benzene rings is 1. The number of nitrogens with zero attached hydrogens (tertiary/aromatic N) is 2. The molecule has 0 saturated carbocycles. The molecule has 1 N–H and O–H groups in total. The van der Waals surface area contributed by atoms with Gasteiger partial charge in [0, 0.05) is 10.0 Å². The Morgan fingerprint density at radius 3 is 2.59 bits per heavy atom. The van der Waals surface area contributed by atoms with Gasteiger partial charge in [-0.15, -0.1) is 10.2 Å². The number of amides is 1. The van der Waals surface area contributed by atoms with Crippen molar-refractivity contribution in [3.05, 3.63) is 40.0 Å². The van der Waals surface area contributed by atoms with Crippen LogP contribution in [0.4, 0.5) is 5.69 Å². The molecule has 0 bridgehead atoms. The van der Waals surface area contributed by atoms with Crippen LogP contribution in [0.15, 0.2) is 34.8 Å². The Hall–Kier alpha value is -1.46. The Morgan fingerprint density at radius 1 is 1.24 bits per heavy atom. The van der Waals surface area contributed by atoms with E-state index < -0.39 is 0 Å². The summed E-state index contributed by atoms with van der Waals surface area (Å²) in [7, 11) is 0. The van der Waals surface area contributed by atoms with E-state index in [4.69, 9.17) is 11.6 Å². The standard InChI is InChI=1S/C11H7BrClN3O/c12-8-3-1-7(2-4-8)9-5-10(14-6-17)11(13)16-15-9/h1-6H,(H,14,15,17). The highest BCUT2D eigenvalue weighted by molar-refractivity contribution is 9.10. The van der Waals surface area contributed by atoms with E-state index in [1.165, 1.54) is 0 Å². The maximum Gasteiger partial charge on any atom is 0.211 e. The third-order valence-electron chi connectivity index (χ3n) is 2.10. The largest absolute Gasteiger partial charge is 0.326 e. The van der Waals surface area contributed by atoms with Crippen LogP contribution in [0.2, 0.25) is 5.15 Å². The van der Waals surface area contributed by atoms with E-state index in [2.05, 4.69) is 31.4 Å². The molecular weight excluding hydrogens is 305 g/mol. The lowest BCUT2D eigenvalue weighted by molar-refractivity contribution is -0.105. The molecule has 0 atom stereocenters. The van der Waals surface area contributed by atoms with E-state index in [1.807, 2.05) is 24.3 Å². The second kappa shape index (κ2) is 5.25. The van der Waals surface area contributed by atoms with Gasteiger partial charge in [-0.1, -0.05) is 39.7 Å². The molecule has 0 saturated heterocycles. The van der Waals surface area contributed by atoms with Gasteiger partial charge in [0.15, 0.2) is 5.15 Å². The molecule has 6 heteroatoms. The van der Waals surface area contributed by atoms with Crippen LogP contribution >= 0.6 is 27.5 Å². The number of hydrogen-bond acceptors (Lipinski definition) is 3. The average molecular weight is 313 g/mol. The second-order valence-corrected chi connectivity index (χ2v) is 4.48. The van der Waals surface area contributed by atoms with Gasteiger partial charge in [0.1, 0.15) is 0 Å². The number of carbonyl (C=O) groups is 1. The molecule has 1 aromatic heterocycles. The number of aromatic nitrogens is 2. The topological polar surface area (TPSA) is 54.9 Å². The van der Waals surface area contributed by atoms with E-state index in [1.54, 1.807) is 6.07 Å². The minimum Gasteiger partial charge on any atom is -0.326 e. The normalized spacial score (nSPS) is 10.0. The summed E-state index contributed by atoms with van der Waals surface area (Å²) < 4.78 is 0.981. The number of anilines is 1. The fourth-order valence-corrected chi connectivity index (χ4v) is 1.71. The van der Waals surface area contributed by atoms with Crippen LogP contribution in [0.25, 0.3) is 11.3 Å². The number of nitrogens with one attached hydrogen (secondary N) is 1. The SMILES string of the molecule is O=CNc1cc(-c2ccc(Br)cc2)nnc1Cl. The summed E-state index contributed by atoms with van der Waals surface area (Å²) in [5.41, 5.74) is 1.98. The third-order valence-corrected chi connectivity index (χ3v) is 2.91. The minimum absolute atomic E-state index is 0.165. The van der Waals surface area contributed by atoms with Crippen LogP contribution in [0, 0.1) is 0 Å². The van der Waals surface area contributed by atoms with Crippen LogP contribution < -0.4 is 5.32 Å². The van der Waals surface area contributed by atoms with Crippen molar-refractivity contribution in [1.29, 1.82) is 0 Å². The van der Waals surface area contributed by atoms with Gasteiger partial charge < -0.3 is 5.32 Å². The minimum atomic E-state index is 0.165. The first-order valence-corrected chi connectivity index (χ1v) is 5.87. The number of halogens is 2. The first-order valence-electron chi connectivity index (χ1n) is 4.70. The molecule has 17 heavy (non-hydrogen) atoms. The summed E-state index contributed by atoms with van der Waals surface area (Å²) in [4.78, 5) is 10.4. The second-order valence-electron chi connectivity index (χ2n) is 3.20. The Balaban J connectivity index is 2.42. The van der Waals surface area contributed by atoms with Crippen LogP contribution in [-0.2, 0) is 4.79 Å². The number of rotatable bonds is 3. The van der Waals surface area contributed by atoms with Gasteiger partial charge in [-0.2, -0.15) is 0 Å². The van der Waals surface area contributed by atoms with Crippen LogP contribution in [0.1, 0.15) is 0 Å². The zero-order valence-corrected chi connectivity index (χ0v) is 10.9. The van der Waals surface area contributed by atoms with Gasteiger partial charge in [0.25, 0.3) is 0 Å². The van der Waals surface area contributed by atoms with Crippen molar-refractivity contribution in [2.24, 2.45) is 0 Å². The molecule has 0 aliphatic heterocycles. The molecule has 0 radical (unpaired) electrons. The summed E-state index contributed by atoms with van der Waals surface area (Å²) in [6.45, 7) is 0. The van der Waals surface area contributed by atoms with Crippen molar-refractivity contribution in [2.75, 3.05) is 5.32 Å². The molecule has 1 amide bonds. The summed E-state index contributed by atoms with van der Waals surface area (Å²) in [5, 5.41) is 10.4. The quantitative estimate of drug-likeness (QED) is 0.886. The van der Waals surface area contributed by atoms with Crippen molar-refractivity contribution >= 4 is 39.6 Å². The molecule has 0 spiro atoms. The fraction of sp³-hybridized carbons (Fsp3) is 0. The van der Waals surface area contributed by atoms with Crippen molar-refractivity contribution in [1.82, 2.24) is 10.2 Å². The smallest absolute Gasteiger partial charge is 0.211 e. The maximum atomic E-state index is 10.4. The molecule has 0 unspecified atom stereocenters. The Bertz CT molecular complexity index is 545. The maximum absolute atomic E-state index is 10.4. The Labute approximate surface area is 111 Å². The number of carbonyl (C=O) groups excluding carboxylic acids is 1. The Morgan fingerprint density at radius 2 is 1.94 bits per heavy atom. The van der Waals surface area contributed by atoms with E-state index in [0.717, 1.165) is 10.0 Å². The predicted molar refractivity (Wildman–Crippen MR) is 69.9 cm³/mol. The molecule has 2 aromatic rings. The lowest BCUT2D eigenvalue weighted by atomic mass is 10.1. The van der Waals surface area contributed by atoms with Crippen molar-refractivity contribution in [3.8, 4) is 11.3 Å². The molecule has 0 fully saturated rings. The van der Waals surface area contributed by atoms with Crippen LogP contribution in [-0.4, -0.2) is 16.6 Å². The predicted octanol–water partition coefficient (Wildman–Crippen LogP) is 3.13. The lowest BCUT2D eigenvalue weighted by Crippen LogP contribution is -1.98. The monoisotopic (exact) mass is 311 g/mol. The molecule has 86 valence electrons. The summed E-state index contributed by atoms with van der Waals surface area (Å²) in [5.74, 6) is 0. The summed E-state index contributed by atoms with van der Waals surface area (Å²) >= 11 is 9.14. The average Bonchev–Trinajstić information content (AvgIpc) is 2.33. The third kappa shape index (κ3) is 2.81. The van der Waals surface area contributed by atoms with Gasteiger partial charge in [-0.05, 0) is 18.2 Å². The molecule has 4 nitrogen and oxygen atoms in total. The molecule has 0 aliphatic rings. The summed E-state index contributed by atoms with van der Waals surface area (Å²) in [6, 6.07) is 9.27. The van der Waals surface area contributed by atoms with E-state index in [9.17, 15) is 4.79 Å². The fourth-order valence-electron chi connectivity index (χ4n) is 1.30. The highest BCUT2D eigenvalue weighted by Gasteiger charge is 2.06. The number of hydrogen-bond donors (Lipinski definition) is 1. The van der Waals surface area contributed by atoms with E-state index in [0.29, 0.717) is 17.8 Å². The molecule has 1 heterocycles. The molecular formula is C11H7BrClN3O. The highest BCUT2D eigenvalue weighted by atomic mass is 79.9. The Kier molecular flexibility index (Phi) is 3.71. The first kappa shape index (κ1) is 12.0. The van der Waals surface area contributed by atoms with Crippen molar-refractivity contribution in [2.45, 2.75) is 0 Å². The summed E-state index contributed by atoms with van der Waals surface area (Å²) in [6.07, 6.45) is 0.550.